The van der Waals surface area contributed by atoms with Crippen molar-refractivity contribution in [3.8, 4) is 5.69 Å². The molecule has 0 radical (unpaired) electrons. The summed E-state index contributed by atoms with van der Waals surface area (Å²) in [7, 11) is 1.92. The van der Waals surface area contributed by atoms with Crippen molar-refractivity contribution in [1.82, 2.24) is 9.47 Å². The van der Waals surface area contributed by atoms with E-state index in [1.54, 1.807) is 0 Å². The van der Waals surface area contributed by atoms with Crippen LogP contribution in [0.15, 0.2) is 30.3 Å². The van der Waals surface area contributed by atoms with Gasteiger partial charge in [-0.05, 0) is 57.2 Å². The van der Waals surface area contributed by atoms with E-state index in [0.29, 0.717) is 5.92 Å². The van der Waals surface area contributed by atoms with Crippen LogP contribution in [0.5, 0.6) is 0 Å². The maximum Gasteiger partial charge on any atom is 0.255 e. The summed E-state index contributed by atoms with van der Waals surface area (Å²) in [5.41, 5.74) is 5.33. The topological polar surface area (TPSA) is 25.2 Å². The number of carbonyl (C=O) groups excluding carboxylic acids is 1. The Morgan fingerprint density at radius 3 is 2.55 bits per heavy atom. The first kappa shape index (κ1) is 14.9. The second-order valence-electron chi connectivity index (χ2n) is 6.54. The van der Waals surface area contributed by atoms with Crippen LogP contribution in [0.25, 0.3) is 5.69 Å². The molecule has 1 aromatic heterocycles. The summed E-state index contributed by atoms with van der Waals surface area (Å²) in [5.74, 6) is 0.855. The van der Waals surface area contributed by atoms with Gasteiger partial charge in [0.25, 0.3) is 5.91 Å². The predicted molar refractivity (Wildman–Crippen MR) is 89.7 cm³/mol. The molecule has 2 aromatic rings. The Labute approximate surface area is 132 Å². The van der Waals surface area contributed by atoms with E-state index < -0.39 is 0 Å². The quantitative estimate of drug-likeness (QED) is 0.840. The molecule has 0 saturated heterocycles. The van der Waals surface area contributed by atoms with Crippen LogP contribution >= 0.6 is 0 Å². The van der Waals surface area contributed by atoms with Gasteiger partial charge in [-0.1, -0.05) is 18.2 Å². The lowest BCUT2D eigenvalue weighted by Gasteiger charge is -2.17. The molecule has 116 valence electrons. The predicted octanol–water partition coefficient (Wildman–Crippen LogP) is 3.88. The molecule has 1 aliphatic carbocycles. The van der Waals surface area contributed by atoms with Crippen molar-refractivity contribution in [2.24, 2.45) is 5.92 Å². The van der Waals surface area contributed by atoms with Gasteiger partial charge < -0.3 is 9.47 Å². The lowest BCUT2D eigenvalue weighted by molar-refractivity contribution is 0.0788. The third-order valence-corrected chi connectivity index (χ3v) is 4.59. The Morgan fingerprint density at radius 1 is 1.23 bits per heavy atom. The molecule has 3 nitrogen and oxygen atoms in total. The van der Waals surface area contributed by atoms with Crippen LogP contribution in [-0.4, -0.2) is 29.0 Å². The highest BCUT2D eigenvalue weighted by Gasteiger charge is 2.27. The fourth-order valence-electron chi connectivity index (χ4n) is 3.14. The van der Waals surface area contributed by atoms with Crippen LogP contribution in [0.1, 0.15) is 40.2 Å². The number of aryl methyl sites for hydroxylation is 2. The third-order valence-electron chi connectivity index (χ3n) is 4.59. The van der Waals surface area contributed by atoms with Gasteiger partial charge in [-0.3, -0.25) is 4.79 Å². The fourth-order valence-corrected chi connectivity index (χ4v) is 3.14. The minimum atomic E-state index is 0.139. The number of aromatic nitrogens is 1. The molecule has 1 fully saturated rings. The van der Waals surface area contributed by atoms with E-state index in [2.05, 4.69) is 30.5 Å². The molecule has 0 spiro atoms. The summed E-state index contributed by atoms with van der Waals surface area (Å²) in [6.07, 6.45) is 2.53. The molecule has 1 heterocycles. The zero-order valence-electron chi connectivity index (χ0n) is 13.9. The van der Waals surface area contributed by atoms with Gasteiger partial charge in [0.1, 0.15) is 0 Å². The first-order valence-corrected chi connectivity index (χ1v) is 7.99. The number of carbonyl (C=O) groups is 1. The van der Waals surface area contributed by atoms with Crippen LogP contribution in [0.2, 0.25) is 0 Å². The van der Waals surface area contributed by atoms with Gasteiger partial charge in [0, 0.05) is 30.7 Å². The average molecular weight is 296 g/mol. The molecular formula is C19H24N2O. The largest absolute Gasteiger partial charge is 0.341 e. The number of hydrogen-bond donors (Lipinski definition) is 0. The molecule has 3 rings (SSSR count). The van der Waals surface area contributed by atoms with Crippen LogP contribution in [0, 0.1) is 26.7 Å². The molecule has 0 unspecified atom stereocenters. The lowest BCUT2D eigenvalue weighted by atomic mass is 10.2. The number of rotatable bonds is 4. The number of para-hydroxylation sites is 1. The smallest absolute Gasteiger partial charge is 0.255 e. The lowest BCUT2D eigenvalue weighted by Crippen LogP contribution is -2.29. The van der Waals surface area contributed by atoms with Gasteiger partial charge >= 0.3 is 0 Å². The minimum Gasteiger partial charge on any atom is -0.341 e. The van der Waals surface area contributed by atoms with E-state index in [9.17, 15) is 4.79 Å². The summed E-state index contributed by atoms with van der Waals surface area (Å²) in [6, 6.07) is 10.3. The van der Waals surface area contributed by atoms with Crippen LogP contribution in [0.4, 0.5) is 0 Å². The van der Waals surface area contributed by atoms with E-state index >= 15 is 0 Å². The first-order valence-electron chi connectivity index (χ1n) is 7.99. The molecule has 3 heteroatoms. The normalized spacial score (nSPS) is 14.2. The number of benzene rings is 1. The molecule has 1 aliphatic rings. The molecule has 0 aliphatic heterocycles. The summed E-state index contributed by atoms with van der Waals surface area (Å²) in [4.78, 5) is 14.6. The second kappa shape index (κ2) is 5.64. The molecule has 1 amide bonds. The van der Waals surface area contributed by atoms with Crippen molar-refractivity contribution in [1.29, 1.82) is 0 Å². The molecule has 1 aromatic carbocycles. The zero-order valence-corrected chi connectivity index (χ0v) is 13.9. The highest BCUT2D eigenvalue weighted by Crippen LogP contribution is 2.30. The van der Waals surface area contributed by atoms with Crippen molar-refractivity contribution < 1.29 is 4.79 Å². The SMILES string of the molecule is Cc1ccccc1-n1c(C)cc(C(=O)N(C)CC2CC2)c1C. The van der Waals surface area contributed by atoms with Crippen LogP contribution in [0.3, 0.4) is 0 Å². The van der Waals surface area contributed by atoms with Crippen molar-refractivity contribution in [3.63, 3.8) is 0 Å². The van der Waals surface area contributed by atoms with Gasteiger partial charge in [-0.25, -0.2) is 0 Å². The zero-order chi connectivity index (χ0) is 15.9. The monoisotopic (exact) mass is 296 g/mol. The molecule has 22 heavy (non-hydrogen) atoms. The van der Waals surface area contributed by atoms with Crippen molar-refractivity contribution in [3.05, 3.63) is 52.8 Å². The van der Waals surface area contributed by atoms with Crippen molar-refractivity contribution >= 4 is 5.91 Å². The van der Waals surface area contributed by atoms with Crippen molar-refractivity contribution in [2.75, 3.05) is 13.6 Å². The fraction of sp³-hybridized carbons (Fsp3) is 0.421. The summed E-state index contributed by atoms with van der Waals surface area (Å²) < 4.78 is 2.19. The van der Waals surface area contributed by atoms with E-state index in [1.165, 1.54) is 18.4 Å². The van der Waals surface area contributed by atoms with E-state index in [-0.39, 0.29) is 5.91 Å². The van der Waals surface area contributed by atoms with Crippen LogP contribution < -0.4 is 0 Å². The maximum atomic E-state index is 12.7. The van der Waals surface area contributed by atoms with Crippen LogP contribution in [-0.2, 0) is 0 Å². The Balaban J connectivity index is 1.96. The molecule has 1 saturated carbocycles. The maximum absolute atomic E-state index is 12.7. The molecular weight excluding hydrogens is 272 g/mol. The Morgan fingerprint density at radius 2 is 1.91 bits per heavy atom. The Hall–Kier alpha value is -2.03. The second-order valence-corrected chi connectivity index (χ2v) is 6.54. The number of amides is 1. The summed E-state index contributed by atoms with van der Waals surface area (Å²) in [6.45, 7) is 7.09. The Kier molecular flexibility index (Phi) is 3.81. The molecule has 0 bridgehead atoms. The summed E-state index contributed by atoms with van der Waals surface area (Å²) >= 11 is 0. The van der Waals surface area contributed by atoms with Crippen molar-refractivity contribution in [2.45, 2.75) is 33.6 Å². The summed E-state index contributed by atoms with van der Waals surface area (Å²) in [5, 5.41) is 0. The van der Waals surface area contributed by atoms with Gasteiger partial charge in [-0.2, -0.15) is 0 Å². The minimum absolute atomic E-state index is 0.139. The van der Waals surface area contributed by atoms with E-state index in [0.717, 1.165) is 29.2 Å². The standard InChI is InChI=1S/C19H24N2O/c1-13-7-5-6-8-18(13)21-14(2)11-17(15(21)3)19(22)20(4)12-16-9-10-16/h5-8,11,16H,9-10,12H2,1-4H3. The van der Waals surface area contributed by atoms with Gasteiger partial charge in [0.05, 0.1) is 5.56 Å². The van der Waals surface area contributed by atoms with Gasteiger partial charge in [0.15, 0.2) is 0 Å². The molecule has 0 atom stereocenters. The van der Waals surface area contributed by atoms with Gasteiger partial charge in [0.2, 0.25) is 0 Å². The number of nitrogens with zero attached hydrogens (tertiary/aromatic N) is 2. The molecule has 0 N–H and O–H groups in total. The first-order chi connectivity index (χ1) is 10.5. The Bertz CT molecular complexity index is 710. The van der Waals surface area contributed by atoms with E-state index in [1.807, 2.05) is 37.1 Å². The van der Waals surface area contributed by atoms with Gasteiger partial charge in [-0.15, -0.1) is 0 Å². The van der Waals surface area contributed by atoms with E-state index in [4.69, 9.17) is 0 Å². The highest BCUT2D eigenvalue weighted by atomic mass is 16.2. The third kappa shape index (κ3) is 2.68. The highest BCUT2D eigenvalue weighted by molar-refractivity contribution is 5.95. The number of hydrogen-bond acceptors (Lipinski definition) is 1. The average Bonchev–Trinajstić information content (AvgIpc) is 3.25.